The first-order chi connectivity index (χ1) is 7.50. The summed E-state index contributed by atoms with van der Waals surface area (Å²) in [7, 11) is 0. The van der Waals surface area contributed by atoms with Crippen molar-refractivity contribution in [2.75, 3.05) is 0 Å². The van der Waals surface area contributed by atoms with E-state index in [1.165, 1.54) is 0 Å². The number of imidazole rings is 1. The van der Waals surface area contributed by atoms with Crippen LogP contribution in [0.15, 0.2) is 12.4 Å². The van der Waals surface area contributed by atoms with Crippen molar-refractivity contribution in [1.29, 1.82) is 0 Å². The van der Waals surface area contributed by atoms with E-state index in [1.807, 2.05) is 6.92 Å². The van der Waals surface area contributed by atoms with Gasteiger partial charge >= 0.3 is 0 Å². The Morgan fingerprint density at radius 3 is 2.88 bits per heavy atom. The number of hydrogen-bond donors (Lipinski definition) is 3. The third kappa shape index (κ3) is 2.57. The van der Waals surface area contributed by atoms with E-state index in [0.717, 1.165) is 0 Å². The van der Waals surface area contributed by atoms with Crippen LogP contribution in [0.1, 0.15) is 26.1 Å². The summed E-state index contributed by atoms with van der Waals surface area (Å²) in [6.45, 7) is 3.97. The third-order valence-electron chi connectivity index (χ3n) is 2.72. The van der Waals surface area contributed by atoms with E-state index < -0.39 is 5.41 Å². The van der Waals surface area contributed by atoms with E-state index in [1.54, 1.807) is 19.3 Å². The van der Waals surface area contributed by atoms with Crippen LogP contribution in [0.5, 0.6) is 0 Å². The lowest BCUT2D eigenvalue weighted by atomic mass is 9.86. The van der Waals surface area contributed by atoms with E-state index in [4.69, 9.17) is 18.0 Å². The maximum atomic E-state index is 11.9. The molecule has 0 spiro atoms. The van der Waals surface area contributed by atoms with Gasteiger partial charge in [-0.2, -0.15) is 0 Å². The molecule has 0 saturated heterocycles. The Bertz CT molecular complexity index is 376. The Morgan fingerprint density at radius 2 is 2.44 bits per heavy atom. The van der Waals surface area contributed by atoms with Gasteiger partial charge < -0.3 is 16.0 Å². The van der Waals surface area contributed by atoms with Crippen LogP contribution in [0.3, 0.4) is 0 Å². The molecule has 4 N–H and O–H groups in total. The predicted octanol–water partition coefficient (Wildman–Crippen LogP) is 0.728. The van der Waals surface area contributed by atoms with Crippen LogP contribution in [-0.2, 0) is 11.3 Å². The molecule has 1 aromatic heterocycles. The molecule has 0 fully saturated rings. The first kappa shape index (κ1) is 12.6. The molecule has 0 aromatic carbocycles. The zero-order chi connectivity index (χ0) is 12.2. The van der Waals surface area contributed by atoms with Gasteiger partial charge in [-0.3, -0.25) is 4.79 Å². The van der Waals surface area contributed by atoms with E-state index >= 15 is 0 Å². The maximum absolute atomic E-state index is 11.9. The number of carbonyl (C=O) groups is 1. The molecule has 16 heavy (non-hydrogen) atoms. The lowest BCUT2D eigenvalue weighted by molar-refractivity contribution is -0.127. The number of amides is 1. The molecule has 0 saturated carbocycles. The average Bonchev–Trinajstić information content (AvgIpc) is 2.77. The van der Waals surface area contributed by atoms with E-state index in [0.29, 0.717) is 18.8 Å². The SMILES string of the molecule is CCC(C)(C(=O)NCc1ncc[nH]1)C(N)=S. The minimum Gasteiger partial charge on any atom is -0.392 e. The van der Waals surface area contributed by atoms with E-state index in [-0.39, 0.29) is 10.9 Å². The van der Waals surface area contributed by atoms with Crippen LogP contribution in [0.2, 0.25) is 0 Å². The summed E-state index contributed by atoms with van der Waals surface area (Å²) in [5.41, 5.74) is 4.79. The van der Waals surface area contributed by atoms with Crippen LogP contribution in [0.25, 0.3) is 0 Å². The normalized spacial score (nSPS) is 14.1. The number of nitrogens with two attached hydrogens (primary N) is 1. The Hall–Kier alpha value is -1.43. The molecule has 6 heteroatoms. The summed E-state index contributed by atoms with van der Waals surface area (Å²) in [6.07, 6.45) is 3.91. The molecule has 0 aliphatic heterocycles. The number of thiocarbonyl (C=S) groups is 1. The molecule has 0 aliphatic carbocycles. The number of H-pyrrole nitrogens is 1. The van der Waals surface area contributed by atoms with Crippen molar-refractivity contribution in [2.24, 2.45) is 11.1 Å². The van der Waals surface area contributed by atoms with E-state index in [2.05, 4.69) is 15.3 Å². The van der Waals surface area contributed by atoms with Crippen LogP contribution in [-0.4, -0.2) is 20.9 Å². The van der Waals surface area contributed by atoms with Gasteiger partial charge in [0.1, 0.15) is 5.82 Å². The zero-order valence-corrected chi connectivity index (χ0v) is 10.2. The summed E-state index contributed by atoms with van der Waals surface area (Å²) < 4.78 is 0. The van der Waals surface area contributed by atoms with Gasteiger partial charge in [0, 0.05) is 12.4 Å². The first-order valence-corrected chi connectivity index (χ1v) is 5.48. The monoisotopic (exact) mass is 240 g/mol. The van der Waals surface area contributed by atoms with Crippen molar-refractivity contribution in [3.63, 3.8) is 0 Å². The number of aromatic nitrogens is 2. The molecule has 1 aromatic rings. The van der Waals surface area contributed by atoms with Gasteiger partial charge in [0.25, 0.3) is 0 Å². The highest BCUT2D eigenvalue weighted by Gasteiger charge is 2.34. The molecular weight excluding hydrogens is 224 g/mol. The number of nitrogens with one attached hydrogen (secondary N) is 2. The van der Waals surface area contributed by atoms with Gasteiger partial charge in [0.05, 0.1) is 16.9 Å². The summed E-state index contributed by atoms with van der Waals surface area (Å²) in [5, 5.41) is 2.76. The molecule has 1 amide bonds. The molecule has 1 heterocycles. The molecule has 1 unspecified atom stereocenters. The third-order valence-corrected chi connectivity index (χ3v) is 3.17. The van der Waals surface area contributed by atoms with Crippen molar-refractivity contribution < 1.29 is 4.79 Å². The fourth-order valence-electron chi connectivity index (χ4n) is 1.20. The van der Waals surface area contributed by atoms with Crippen molar-refractivity contribution in [3.8, 4) is 0 Å². The molecule has 5 nitrogen and oxygen atoms in total. The summed E-state index contributed by atoms with van der Waals surface area (Å²) in [6, 6.07) is 0. The number of nitrogens with zero attached hydrogens (tertiary/aromatic N) is 1. The largest absolute Gasteiger partial charge is 0.392 e. The summed E-state index contributed by atoms with van der Waals surface area (Å²) in [4.78, 5) is 19.0. The van der Waals surface area contributed by atoms with Gasteiger partial charge in [0.2, 0.25) is 5.91 Å². The molecule has 88 valence electrons. The Morgan fingerprint density at radius 1 is 1.75 bits per heavy atom. The van der Waals surface area contributed by atoms with Crippen LogP contribution in [0, 0.1) is 5.41 Å². The smallest absolute Gasteiger partial charge is 0.233 e. The van der Waals surface area contributed by atoms with Gasteiger partial charge in [-0.1, -0.05) is 19.1 Å². The lowest BCUT2D eigenvalue weighted by Gasteiger charge is -2.25. The lowest BCUT2D eigenvalue weighted by Crippen LogP contribution is -2.46. The van der Waals surface area contributed by atoms with Gasteiger partial charge in [-0.25, -0.2) is 4.98 Å². The minimum absolute atomic E-state index is 0.168. The number of aromatic amines is 1. The highest BCUT2D eigenvalue weighted by molar-refractivity contribution is 7.80. The second-order valence-electron chi connectivity index (χ2n) is 3.77. The molecule has 0 bridgehead atoms. The average molecular weight is 240 g/mol. The predicted molar refractivity (Wildman–Crippen MR) is 65.6 cm³/mol. The van der Waals surface area contributed by atoms with Crippen molar-refractivity contribution in [2.45, 2.75) is 26.8 Å². The van der Waals surface area contributed by atoms with Crippen molar-refractivity contribution in [1.82, 2.24) is 15.3 Å². The first-order valence-electron chi connectivity index (χ1n) is 5.07. The summed E-state index contributed by atoms with van der Waals surface area (Å²) in [5.74, 6) is 0.536. The minimum atomic E-state index is -0.790. The van der Waals surface area contributed by atoms with Crippen LogP contribution >= 0.6 is 12.2 Å². The van der Waals surface area contributed by atoms with E-state index in [9.17, 15) is 4.79 Å². The fourth-order valence-corrected chi connectivity index (χ4v) is 1.44. The van der Waals surface area contributed by atoms with Gasteiger partial charge in [0.15, 0.2) is 0 Å². The number of hydrogen-bond acceptors (Lipinski definition) is 3. The second-order valence-corrected chi connectivity index (χ2v) is 4.21. The Kier molecular flexibility index (Phi) is 4.00. The zero-order valence-electron chi connectivity index (χ0n) is 9.41. The maximum Gasteiger partial charge on any atom is 0.233 e. The highest BCUT2D eigenvalue weighted by atomic mass is 32.1. The molecule has 1 atom stereocenters. The highest BCUT2D eigenvalue weighted by Crippen LogP contribution is 2.21. The molecular formula is C10H16N4OS. The second kappa shape index (κ2) is 5.07. The topological polar surface area (TPSA) is 83.8 Å². The van der Waals surface area contributed by atoms with Gasteiger partial charge in [-0.15, -0.1) is 0 Å². The Balaban J connectivity index is 2.60. The van der Waals surface area contributed by atoms with Crippen molar-refractivity contribution in [3.05, 3.63) is 18.2 Å². The van der Waals surface area contributed by atoms with Crippen LogP contribution < -0.4 is 11.1 Å². The molecule has 0 radical (unpaired) electrons. The van der Waals surface area contributed by atoms with Gasteiger partial charge in [-0.05, 0) is 13.3 Å². The van der Waals surface area contributed by atoms with Crippen LogP contribution in [0.4, 0.5) is 0 Å². The quantitative estimate of drug-likeness (QED) is 0.662. The number of carbonyl (C=O) groups excluding carboxylic acids is 1. The number of rotatable bonds is 5. The molecule has 0 aliphatic rings. The fraction of sp³-hybridized carbons (Fsp3) is 0.500. The van der Waals surface area contributed by atoms with Crippen molar-refractivity contribution >= 4 is 23.1 Å². The summed E-state index contributed by atoms with van der Waals surface area (Å²) >= 11 is 4.91. The Labute approximate surface area is 99.8 Å². The standard InChI is InChI=1S/C10H16N4OS/c1-3-10(2,8(11)16)9(15)14-6-7-12-4-5-13-7/h4-5H,3,6H2,1-2H3,(H2,11,16)(H,12,13)(H,14,15). The molecule has 1 rings (SSSR count).